The number of carbonyl (C=O) groups excluding carboxylic acids is 2. The van der Waals surface area contributed by atoms with Gasteiger partial charge in [0, 0.05) is 18.0 Å². The topological polar surface area (TPSA) is 61.4 Å². The van der Waals surface area contributed by atoms with Gasteiger partial charge in [-0.15, -0.1) is 11.3 Å². The molecule has 134 valence electrons. The van der Waals surface area contributed by atoms with E-state index < -0.39 is 24.5 Å². The zero-order valence-corrected chi connectivity index (χ0v) is 13.9. The second kappa shape index (κ2) is 8.48. The van der Waals surface area contributed by atoms with Crippen LogP contribution in [-0.2, 0) is 9.59 Å². The minimum Gasteiger partial charge on any atom is -0.347 e. The van der Waals surface area contributed by atoms with Crippen molar-refractivity contribution in [1.29, 1.82) is 0 Å². The van der Waals surface area contributed by atoms with Crippen LogP contribution in [0.3, 0.4) is 0 Å². The lowest BCUT2D eigenvalue weighted by Crippen LogP contribution is -2.46. The van der Waals surface area contributed by atoms with E-state index >= 15 is 0 Å². The van der Waals surface area contributed by atoms with Crippen LogP contribution < -0.4 is 10.6 Å². The molecular weight excluding hydrogens is 343 g/mol. The van der Waals surface area contributed by atoms with Crippen molar-refractivity contribution in [2.75, 3.05) is 32.7 Å². The molecule has 9 heteroatoms. The minimum atomic E-state index is -4.52. The van der Waals surface area contributed by atoms with Crippen LogP contribution in [0, 0.1) is 0 Å². The summed E-state index contributed by atoms with van der Waals surface area (Å²) in [5.41, 5.74) is 0. The molecule has 1 aliphatic rings. The van der Waals surface area contributed by atoms with Crippen molar-refractivity contribution in [3.8, 4) is 0 Å². The molecule has 1 saturated heterocycles. The fourth-order valence-corrected chi connectivity index (χ4v) is 3.53. The molecule has 0 saturated carbocycles. The van der Waals surface area contributed by atoms with Gasteiger partial charge in [0.15, 0.2) is 0 Å². The van der Waals surface area contributed by atoms with Gasteiger partial charge in [-0.25, -0.2) is 0 Å². The van der Waals surface area contributed by atoms with E-state index in [-0.39, 0.29) is 6.54 Å². The first kappa shape index (κ1) is 18.7. The molecule has 0 radical (unpaired) electrons. The van der Waals surface area contributed by atoms with Crippen molar-refractivity contribution >= 4 is 23.2 Å². The van der Waals surface area contributed by atoms with E-state index in [0.717, 1.165) is 25.9 Å². The summed E-state index contributed by atoms with van der Waals surface area (Å²) in [6.45, 7) is 1.12. The van der Waals surface area contributed by atoms with Crippen molar-refractivity contribution in [2.45, 2.75) is 24.9 Å². The number of rotatable bonds is 5. The lowest BCUT2D eigenvalue weighted by molar-refractivity contribution is -0.146. The zero-order valence-electron chi connectivity index (χ0n) is 13.1. The highest BCUT2D eigenvalue weighted by molar-refractivity contribution is 7.10. The van der Waals surface area contributed by atoms with Crippen molar-refractivity contribution < 1.29 is 22.8 Å². The molecule has 0 aliphatic carbocycles. The Morgan fingerprint density at radius 3 is 2.46 bits per heavy atom. The maximum atomic E-state index is 12.0. The molecule has 2 rings (SSSR count). The number of nitrogens with one attached hydrogen (secondary N) is 2. The minimum absolute atomic E-state index is 0.238. The number of piperidine rings is 1. The molecule has 2 amide bonds. The lowest BCUT2D eigenvalue weighted by atomic mass is 9.95. The smallest absolute Gasteiger partial charge is 0.347 e. The second-order valence-corrected chi connectivity index (χ2v) is 6.66. The van der Waals surface area contributed by atoms with E-state index in [2.05, 4.69) is 21.7 Å². The Balaban J connectivity index is 1.61. The van der Waals surface area contributed by atoms with Crippen molar-refractivity contribution in [3.63, 3.8) is 0 Å². The van der Waals surface area contributed by atoms with Crippen molar-refractivity contribution in [1.82, 2.24) is 15.5 Å². The fourth-order valence-electron chi connectivity index (χ4n) is 2.63. The molecule has 1 aromatic heterocycles. The Hall–Kier alpha value is -1.61. The van der Waals surface area contributed by atoms with Crippen LogP contribution in [-0.4, -0.2) is 55.6 Å². The third kappa shape index (κ3) is 6.12. The van der Waals surface area contributed by atoms with Crippen molar-refractivity contribution in [3.05, 3.63) is 22.4 Å². The van der Waals surface area contributed by atoms with Crippen molar-refractivity contribution in [2.24, 2.45) is 0 Å². The molecule has 5 nitrogen and oxygen atoms in total. The van der Waals surface area contributed by atoms with Gasteiger partial charge in [0.25, 0.3) is 0 Å². The maximum absolute atomic E-state index is 12.0. The fraction of sp³-hybridized carbons (Fsp3) is 0.600. The normalized spacial score (nSPS) is 16.8. The number of hydrogen-bond donors (Lipinski definition) is 2. The summed E-state index contributed by atoms with van der Waals surface area (Å²) in [7, 11) is 0. The molecule has 1 aliphatic heterocycles. The number of hydrogen-bond acceptors (Lipinski definition) is 4. The van der Waals surface area contributed by atoms with Crippen LogP contribution in [0.1, 0.15) is 23.6 Å². The Labute approximate surface area is 142 Å². The van der Waals surface area contributed by atoms with Gasteiger partial charge in [-0.05, 0) is 43.3 Å². The van der Waals surface area contributed by atoms with E-state index in [4.69, 9.17) is 0 Å². The van der Waals surface area contributed by atoms with E-state index in [0.29, 0.717) is 12.5 Å². The molecule has 0 unspecified atom stereocenters. The quantitative estimate of drug-likeness (QED) is 0.783. The molecule has 0 atom stereocenters. The third-order valence-electron chi connectivity index (χ3n) is 3.90. The molecule has 2 N–H and O–H groups in total. The first-order valence-corrected chi connectivity index (χ1v) is 8.61. The molecular formula is C15H20F3N3O2S. The summed E-state index contributed by atoms with van der Waals surface area (Å²) in [6, 6.07) is 4.19. The van der Waals surface area contributed by atoms with Gasteiger partial charge in [-0.1, -0.05) is 6.07 Å². The number of thiophene rings is 1. The van der Waals surface area contributed by atoms with E-state index in [1.807, 2.05) is 6.07 Å². The molecule has 0 bridgehead atoms. The van der Waals surface area contributed by atoms with Gasteiger partial charge in [-0.2, -0.15) is 13.2 Å². The average Bonchev–Trinajstić information content (AvgIpc) is 3.07. The lowest BCUT2D eigenvalue weighted by Gasteiger charge is -2.31. The summed E-state index contributed by atoms with van der Waals surface area (Å²) in [5, 5.41) is 5.96. The van der Waals surface area contributed by atoms with E-state index in [9.17, 15) is 22.8 Å². The largest absolute Gasteiger partial charge is 0.405 e. The molecule has 0 aromatic carbocycles. The van der Waals surface area contributed by atoms with Crippen LogP contribution in [0.4, 0.5) is 13.2 Å². The highest BCUT2D eigenvalue weighted by atomic mass is 32.1. The van der Waals surface area contributed by atoms with Gasteiger partial charge >= 0.3 is 18.0 Å². The highest BCUT2D eigenvalue weighted by Crippen LogP contribution is 2.30. The predicted molar refractivity (Wildman–Crippen MR) is 84.8 cm³/mol. The number of halogens is 3. The Morgan fingerprint density at radius 1 is 1.21 bits per heavy atom. The maximum Gasteiger partial charge on any atom is 0.405 e. The summed E-state index contributed by atoms with van der Waals surface area (Å²) in [6.07, 6.45) is -2.44. The SMILES string of the molecule is O=C(NCCN1CCC(c2cccs2)CC1)C(=O)NCC(F)(F)F. The van der Waals surface area contributed by atoms with Crippen LogP contribution >= 0.6 is 11.3 Å². The summed E-state index contributed by atoms with van der Waals surface area (Å²) < 4.78 is 35.9. The Kier molecular flexibility index (Phi) is 6.61. The number of likely N-dealkylation sites (tertiary alicyclic amines) is 1. The van der Waals surface area contributed by atoms with Gasteiger partial charge < -0.3 is 15.5 Å². The Morgan fingerprint density at radius 2 is 1.88 bits per heavy atom. The van der Waals surface area contributed by atoms with Gasteiger partial charge in [0.05, 0.1) is 0 Å². The number of amides is 2. The van der Waals surface area contributed by atoms with E-state index in [1.54, 1.807) is 16.7 Å². The average molecular weight is 363 g/mol. The zero-order chi connectivity index (χ0) is 17.6. The van der Waals surface area contributed by atoms with Crippen LogP contribution in [0.15, 0.2) is 17.5 Å². The summed E-state index contributed by atoms with van der Waals surface area (Å²) in [5.74, 6) is -1.72. The standard InChI is InChI=1S/C15H20F3N3O2S/c16-15(17,18)10-20-14(23)13(22)19-5-8-21-6-3-11(4-7-21)12-2-1-9-24-12/h1-2,9,11H,3-8,10H2,(H,19,22)(H,20,23). The number of carbonyl (C=O) groups is 2. The first-order valence-electron chi connectivity index (χ1n) is 7.73. The summed E-state index contributed by atoms with van der Waals surface area (Å²) in [4.78, 5) is 26.2. The number of alkyl halides is 3. The molecule has 1 fully saturated rings. The van der Waals surface area contributed by atoms with Crippen LogP contribution in [0.5, 0.6) is 0 Å². The van der Waals surface area contributed by atoms with Crippen LogP contribution in [0.2, 0.25) is 0 Å². The second-order valence-electron chi connectivity index (χ2n) is 5.69. The molecule has 0 spiro atoms. The van der Waals surface area contributed by atoms with E-state index in [1.165, 1.54) is 4.88 Å². The number of nitrogens with zero attached hydrogens (tertiary/aromatic N) is 1. The summed E-state index contributed by atoms with van der Waals surface area (Å²) >= 11 is 1.76. The van der Waals surface area contributed by atoms with Gasteiger partial charge in [0.2, 0.25) is 0 Å². The van der Waals surface area contributed by atoms with Gasteiger partial charge in [0.1, 0.15) is 6.54 Å². The monoisotopic (exact) mass is 363 g/mol. The van der Waals surface area contributed by atoms with Gasteiger partial charge in [-0.3, -0.25) is 9.59 Å². The molecule has 24 heavy (non-hydrogen) atoms. The molecule has 1 aromatic rings. The first-order chi connectivity index (χ1) is 11.3. The Bertz CT molecular complexity index is 541. The molecule has 2 heterocycles. The predicted octanol–water partition coefficient (Wildman–Crippen LogP) is 1.72. The van der Waals surface area contributed by atoms with Crippen LogP contribution in [0.25, 0.3) is 0 Å². The highest BCUT2D eigenvalue weighted by Gasteiger charge is 2.29. The third-order valence-corrected chi connectivity index (χ3v) is 4.94.